The predicted octanol–water partition coefficient (Wildman–Crippen LogP) is 6.25. The van der Waals surface area contributed by atoms with Gasteiger partial charge in [0.05, 0.1) is 21.8 Å². The number of carbonyl (C=O) groups excluding carboxylic acids is 2. The van der Waals surface area contributed by atoms with Crippen molar-refractivity contribution in [3.63, 3.8) is 0 Å². The Labute approximate surface area is 231 Å². The predicted molar refractivity (Wildman–Crippen MR) is 145 cm³/mol. The van der Waals surface area contributed by atoms with E-state index in [0.29, 0.717) is 21.1 Å². The summed E-state index contributed by atoms with van der Waals surface area (Å²) in [5.41, 5.74) is -1.04. The van der Waals surface area contributed by atoms with Crippen molar-refractivity contribution in [2.75, 3.05) is 0 Å². The molecule has 4 atom stereocenters. The normalized spacial score (nSPS) is 22.6. The molecule has 5 rings (SSSR count). The summed E-state index contributed by atoms with van der Waals surface area (Å²) in [5.74, 6) is -3.89. The smallest absolute Gasteiger partial charge is 0.330 e. The molecule has 9 nitrogen and oxygen atoms in total. The van der Waals surface area contributed by atoms with Gasteiger partial charge < -0.3 is 14.4 Å². The number of benzene rings is 1. The molecule has 1 aromatic carbocycles. The van der Waals surface area contributed by atoms with E-state index in [2.05, 4.69) is 0 Å². The molecule has 0 bridgehead atoms. The largest absolute Gasteiger partial charge is 0.479 e. The van der Waals surface area contributed by atoms with Gasteiger partial charge in [-0.15, -0.1) is 22.7 Å². The fourth-order valence-corrected chi connectivity index (χ4v) is 7.41. The molecule has 39 heavy (non-hydrogen) atoms. The molecule has 1 saturated heterocycles. The van der Waals surface area contributed by atoms with Crippen molar-refractivity contribution >= 4 is 46.0 Å². The fourth-order valence-electron chi connectivity index (χ4n) is 5.55. The molecule has 1 amide bonds. The Balaban J connectivity index is 1.84. The summed E-state index contributed by atoms with van der Waals surface area (Å²) in [6.07, 6.45) is 0. The van der Waals surface area contributed by atoms with Crippen molar-refractivity contribution in [1.82, 2.24) is 4.90 Å². The zero-order valence-corrected chi connectivity index (χ0v) is 22.8. The third kappa shape index (κ3) is 4.27. The molecule has 0 spiro atoms. The van der Waals surface area contributed by atoms with Crippen LogP contribution in [0.5, 0.6) is 0 Å². The number of rotatable bonds is 7. The van der Waals surface area contributed by atoms with E-state index in [9.17, 15) is 29.6 Å². The summed E-state index contributed by atoms with van der Waals surface area (Å²) in [7, 11) is 0. The molecule has 4 heterocycles. The zero-order chi connectivity index (χ0) is 28.1. The fraction of sp³-hybridized carbons (Fsp3) is 0.250. The number of nitrogens with zero attached hydrogens (tertiary/aromatic N) is 2. The molecule has 4 unspecified atom stereocenters. The maximum absolute atomic E-state index is 14.3. The number of furan rings is 1. The molecule has 0 aliphatic carbocycles. The Bertz CT molecular complexity index is 1590. The number of likely N-dealkylation sites (tertiary alicyclic amines) is 1. The van der Waals surface area contributed by atoms with Gasteiger partial charge in [0, 0.05) is 22.9 Å². The van der Waals surface area contributed by atoms with Gasteiger partial charge in [0.1, 0.15) is 11.3 Å². The first-order valence-corrected chi connectivity index (χ1v) is 13.8. The summed E-state index contributed by atoms with van der Waals surface area (Å²) < 4.78 is 5.69. The highest BCUT2D eigenvalue weighted by Crippen LogP contribution is 2.58. The van der Waals surface area contributed by atoms with E-state index in [1.54, 1.807) is 36.6 Å². The van der Waals surface area contributed by atoms with Crippen LogP contribution < -0.4 is 0 Å². The van der Waals surface area contributed by atoms with E-state index >= 15 is 0 Å². The van der Waals surface area contributed by atoms with Gasteiger partial charge in [-0.25, -0.2) is 4.79 Å². The van der Waals surface area contributed by atoms with Crippen LogP contribution in [0.2, 0.25) is 0 Å². The van der Waals surface area contributed by atoms with Crippen LogP contribution in [0.3, 0.4) is 0 Å². The molecule has 0 saturated carbocycles. The number of carbonyl (C=O) groups is 3. The number of nitro groups is 1. The van der Waals surface area contributed by atoms with Gasteiger partial charge in [0.25, 0.3) is 11.6 Å². The van der Waals surface area contributed by atoms with E-state index in [1.807, 2.05) is 18.4 Å². The molecule has 3 aromatic heterocycles. The van der Waals surface area contributed by atoms with Gasteiger partial charge in [-0.1, -0.05) is 18.2 Å². The second kappa shape index (κ2) is 9.90. The third-order valence-corrected chi connectivity index (χ3v) is 9.32. The van der Waals surface area contributed by atoms with Crippen LogP contribution >= 0.6 is 22.7 Å². The van der Waals surface area contributed by atoms with Gasteiger partial charge in [-0.3, -0.25) is 19.7 Å². The number of carboxylic acids is 1. The Kier molecular flexibility index (Phi) is 6.73. The molecule has 1 aliphatic rings. The summed E-state index contributed by atoms with van der Waals surface area (Å²) >= 11 is 2.47. The van der Waals surface area contributed by atoms with Gasteiger partial charge in [0.15, 0.2) is 5.76 Å². The van der Waals surface area contributed by atoms with Crippen LogP contribution in [0.4, 0.5) is 5.69 Å². The Hall–Kier alpha value is -4.09. The van der Waals surface area contributed by atoms with E-state index < -0.39 is 46.0 Å². The topological polar surface area (TPSA) is 131 Å². The lowest BCUT2D eigenvalue weighted by atomic mass is 9.74. The second-order valence-electron chi connectivity index (χ2n) is 9.65. The number of amides is 1. The summed E-state index contributed by atoms with van der Waals surface area (Å²) in [6, 6.07) is 12.8. The molecule has 11 heteroatoms. The monoisotopic (exact) mass is 564 g/mol. The first-order valence-electron chi connectivity index (χ1n) is 12.0. The first kappa shape index (κ1) is 26.5. The highest BCUT2D eigenvalue weighted by molar-refractivity contribution is 7.12. The van der Waals surface area contributed by atoms with Crippen LogP contribution in [-0.2, 0) is 4.79 Å². The summed E-state index contributed by atoms with van der Waals surface area (Å²) in [4.78, 5) is 55.0. The molecular weight excluding hydrogens is 540 g/mol. The molecule has 0 radical (unpaired) electrons. The minimum Gasteiger partial charge on any atom is -0.479 e. The number of hydrogen-bond donors (Lipinski definition) is 1. The zero-order valence-electron chi connectivity index (χ0n) is 21.2. The van der Waals surface area contributed by atoms with Crippen molar-refractivity contribution in [2.24, 2.45) is 5.92 Å². The van der Waals surface area contributed by atoms with Crippen LogP contribution in [0.1, 0.15) is 60.9 Å². The van der Waals surface area contributed by atoms with E-state index in [4.69, 9.17) is 4.42 Å². The number of aliphatic carboxylic acids is 1. The maximum Gasteiger partial charge on any atom is 0.330 e. The van der Waals surface area contributed by atoms with Crippen molar-refractivity contribution < 1.29 is 28.8 Å². The minimum absolute atomic E-state index is 0.0327. The number of Topliss-reactive ketones (excluding diaryl/α,β-unsaturated/α-hetero) is 1. The van der Waals surface area contributed by atoms with Crippen LogP contribution in [0.25, 0.3) is 0 Å². The average Bonchev–Trinajstić information content (AvgIpc) is 3.70. The number of non-ortho nitro benzene ring substituents is 1. The minimum atomic E-state index is -1.88. The maximum atomic E-state index is 14.3. The van der Waals surface area contributed by atoms with E-state index in [1.165, 1.54) is 47.4 Å². The van der Waals surface area contributed by atoms with E-state index in [0.717, 1.165) is 16.9 Å². The number of nitro benzene ring substituents is 1. The van der Waals surface area contributed by atoms with Crippen LogP contribution in [-0.4, -0.2) is 38.1 Å². The van der Waals surface area contributed by atoms with E-state index in [-0.39, 0.29) is 11.4 Å². The molecule has 1 fully saturated rings. The molecule has 200 valence electrons. The second-order valence-corrected chi connectivity index (χ2v) is 11.5. The lowest BCUT2D eigenvalue weighted by Crippen LogP contribution is -2.54. The van der Waals surface area contributed by atoms with Gasteiger partial charge in [0.2, 0.25) is 5.78 Å². The number of aryl methyl sites for hydroxylation is 2. The summed E-state index contributed by atoms with van der Waals surface area (Å²) in [6.45, 7) is 4.98. The SMILES string of the molecule is Cc1ccc(C(=O)C2C(c3cccc([N+](=O)[O-])c3)N(C(=O)c3cccs3)C(C)(C(=O)O)C2c2sccc2C)o1. The highest BCUT2D eigenvalue weighted by Gasteiger charge is 2.66. The lowest BCUT2D eigenvalue weighted by Gasteiger charge is -2.37. The van der Waals surface area contributed by atoms with Crippen molar-refractivity contribution in [3.8, 4) is 0 Å². The average molecular weight is 565 g/mol. The number of ketones is 1. The Morgan fingerprint density at radius 2 is 1.82 bits per heavy atom. The van der Waals surface area contributed by atoms with Crippen LogP contribution in [0, 0.1) is 29.9 Å². The van der Waals surface area contributed by atoms with Crippen molar-refractivity contribution in [2.45, 2.75) is 38.3 Å². The quantitative estimate of drug-likeness (QED) is 0.159. The number of thiophene rings is 2. The molecule has 1 N–H and O–H groups in total. The lowest BCUT2D eigenvalue weighted by molar-refractivity contribution is -0.385. The van der Waals surface area contributed by atoms with Gasteiger partial charge in [-0.05, 0) is 66.9 Å². The molecular formula is C28H24N2O7S2. The standard InChI is InChI=1S/C28H24N2O7S2/c1-15-11-13-39-25(15)22-21(24(31)19-10-9-16(2)37-19)23(17-6-4-7-18(14-17)30(35)36)29(28(22,3)27(33)34)26(32)20-8-5-12-38-20/h4-14,21-23H,1-3H3,(H,33,34). The Morgan fingerprint density at radius 3 is 2.38 bits per heavy atom. The van der Waals surface area contributed by atoms with Gasteiger partial charge in [-0.2, -0.15) is 0 Å². The summed E-state index contributed by atoms with van der Waals surface area (Å²) in [5, 5.41) is 26.0. The highest BCUT2D eigenvalue weighted by atomic mass is 32.1. The van der Waals surface area contributed by atoms with Crippen molar-refractivity contribution in [3.05, 3.63) is 108 Å². The molecule has 4 aromatic rings. The number of carboxylic acid groups (broad SMARTS) is 1. The first-order chi connectivity index (χ1) is 18.6. The van der Waals surface area contributed by atoms with Crippen LogP contribution in [0.15, 0.2) is 69.8 Å². The molecule has 1 aliphatic heterocycles. The Morgan fingerprint density at radius 1 is 1.05 bits per heavy atom. The van der Waals surface area contributed by atoms with Gasteiger partial charge >= 0.3 is 5.97 Å². The van der Waals surface area contributed by atoms with Crippen molar-refractivity contribution in [1.29, 1.82) is 0 Å². The third-order valence-electron chi connectivity index (χ3n) is 7.36. The number of hydrogen-bond acceptors (Lipinski definition) is 8.